The Morgan fingerprint density at radius 1 is 1.45 bits per heavy atom. The van der Waals surface area contributed by atoms with Crippen molar-refractivity contribution in [3.8, 4) is 5.75 Å². The Hall–Kier alpha value is -1.47. The highest BCUT2D eigenvalue weighted by Gasteiger charge is 2.04. The fourth-order valence-corrected chi connectivity index (χ4v) is 1.98. The summed E-state index contributed by atoms with van der Waals surface area (Å²) in [6, 6.07) is 4.35. The number of nitrogens with one attached hydrogen (secondary N) is 1. The molecule has 7 heteroatoms. The fraction of sp³-hybridized carbons (Fsp3) is 0.385. The minimum atomic E-state index is -0.322. The van der Waals surface area contributed by atoms with Crippen molar-refractivity contribution in [3.63, 3.8) is 0 Å². The smallest absolute Gasteiger partial charge is 0.136 e. The molecule has 2 rings (SSSR count). The van der Waals surface area contributed by atoms with Crippen LogP contribution in [0, 0.1) is 5.82 Å². The molecule has 0 atom stereocenters. The molecule has 0 fully saturated rings. The zero-order valence-corrected chi connectivity index (χ0v) is 12.7. The molecule has 1 N–H and O–H groups in total. The van der Waals surface area contributed by atoms with Gasteiger partial charge in [0.2, 0.25) is 0 Å². The third-order valence-corrected chi connectivity index (χ3v) is 3.27. The Morgan fingerprint density at radius 2 is 2.30 bits per heavy atom. The minimum absolute atomic E-state index is 0.322. The van der Waals surface area contributed by atoms with E-state index >= 15 is 0 Å². The van der Waals surface area contributed by atoms with E-state index in [0.29, 0.717) is 25.4 Å². The summed E-state index contributed by atoms with van der Waals surface area (Å²) in [6.45, 7) is 4.58. The largest absolute Gasteiger partial charge is 0.490 e. The van der Waals surface area contributed by atoms with Crippen LogP contribution >= 0.6 is 15.9 Å². The van der Waals surface area contributed by atoms with E-state index in [2.05, 4.69) is 31.6 Å². The zero-order valence-electron chi connectivity index (χ0n) is 11.1. The summed E-state index contributed by atoms with van der Waals surface area (Å²) in [4.78, 5) is 0. The molecular weight excluding hydrogens is 327 g/mol. The van der Waals surface area contributed by atoms with E-state index in [1.54, 1.807) is 10.7 Å². The van der Waals surface area contributed by atoms with Gasteiger partial charge in [0, 0.05) is 18.8 Å². The van der Waals surface area contributed by atoms with Gasteiger partial charge < -0.3 is 10.1 Å². The first-order valence-corrected chi connectivity index (χ1v) is 7.16. The van der Waals surface area contributed by atoms with Crippen molar-refractivity contribution in [2.45, 2.75) is 20.0 Å². The quantitative estimate of drug-likeness (QED) is 0.839. The molecule has 0 radical (unpaired) electrons. The normalized spacial score (nSPS) is 10.8. The molecule has 0 amide bonds. The second-order valence-corrected chi connectivity index (χ2v) is 5.03. The van der Waals surface area contributed by atoms with E-state index in [-0.39, 0.29) is 5.82 Å². The van der Waals surface area contributed by atoms with Crippen LogP contribution < -0.4 is 10.1 Å². The second kappa shape index (κ2) is 7.35. The van der Waals surface area contributed by atoms with E-state index in [4.69, 9.17) is 4.74 Å². The van der Waals surface area contributed by atoms with Gasteiger partial charge in [-0.05, 0) is 34.6 Å². The molecule has 0 spiro atoms. The molecular formula is C13H16BrFN4O. The lowest BCUT2D eigenvalue weighted by molar-refractivity contribution is 0.287. The van der Waals surface area contributed by atoms with Crippen LogP contribution in [0.3, 0.4) is 0 Å². The summed E-state index contributed by atoms with van der Waals surface area (Å²) in [5.74, 6) is 0.162. The standard InChI is InChI=1S/C13H16BrFN4O/c1-2-16-8-11-9-19(18-17-11)5-6-20-13-7-10(15)3-4-12(13)14/h3-4,7,9,16H,2,5-6,8H2,1H3. The predicted molar refractivity (Wildman–Crippen MR) is 77.0 cm³/mol. The molecule has 1 aromatic carbocycles. The number of rotatable bonds is 7. The van der Waals surface area contributed by atoms with Gasteiger partial charge in [-0.2, -0.15) is 0 Å². The van der Waals surface area contributed by atoms with E-state index in [1.165, 1.54) is 12.1 Å². The third kappa shape index (κ3) is 4.28. The summed E-state index contributed by atoms with van der Waals surface area (Å²) in [6.07, 6.45) is 1.87. The molecule has 108 valence electrons. The van der Waals surface area contributed by atoms with Crippen LogP contribution in [0.2, 0.25) is 0 Å². The Morgan fingerprint density at radius 3 is 3.10 bits per heavy atom. The lowest BCUT2D eigenvalue weighted by atomic mass is 10.3. The Bertz CT molecular complexity index is 561. The van der Waals surface area contributed by atoms with Gasteiger partial charge in [0.1, 0.15) is 18.2 Å². The SMILES string of the molecule is CCNCc1cn(CCOc2cc(F)ccc2Br)nn1. The molecule has 0 bridgehead atoms. The number of hydrogen-bond acceptors (Lipinski definition) is 4. The highest BCUT2D eigenvalue weighted by molar-refractivity contribution is 9.10. The number of hydrogen-bond donors (Lipinski definition) is 1. The first-order valence-electron chi connectivity index (χ1n) is 6.36. The van der Waals surface area contributed by atoms with Gasteiger partial charge in [-0.1, -0.05) is 12.1 Å². The number of benzene rings is 1. The van der Waals surface area contributed by atoms with Crippen molar-refractivity contribution in [1.82, 2.24) is 20.3 Å². The van der Waals surface area contributed by atoms with Gasteiger partial charge in [-0.25, -0.2) is 9.07 Å². The molecule has 0 aliphatic rings. The molecule has 5 nitrogen and oxygen atoms in total. The molecule has 1 heterocycles. The van der Waals surface area contributed by atoms with Crippen LogP contribution in [-0.4, -0.2) is 28.1 Å². The average Bonchev–Trinajstić information content (AvgIpc) is 2.88. The maximum atomic E-state index is 13.1. The van der Waals surface area contributed by atoms with E-state index < -0.39 is 0 Å². The summed E-state index contributed by atoms with van der Waals surface area (Å²) in [7, 11) is 0. The third-order valence-electron chi connectivity index (χ3n) is 2.61. The number of aromatic nitrogens is 3. The predicted octanol–water partition coefficient (Wildman–Crippen LogP) is 2.37. The summed E-state index contributed by atoms with van der Waals surface area (Å²) >= 11 is 3.31. The molecule has 0 aliphatic carbocycles. The number of halogens is 2. The molecule has 2 aromatic rings. The maximum Gasteiger partial charge on any atom is 0.136 e. The minimum Gasteiger partial charge on any atom is -0.490 e. The van der Waals surface area contributed by atoms with E-state index in [9.17, 15) is 4.39 Å². The van der Waals surface area contributed by atoms with Gasteiger partial charge in [-0.3, -0.25) is 0 Å². The molecule has 0 saturated heterocycles. The van der Waals surface area contributed by atoms with Gasteiger partial charge in [-0.15, -0.1) is 5.10 Å². The lowest BCUT2D eigenvalue weighted by Gasteiger charge is -2.07. The summed E-state index contributed by atoms with van der Waals surface area (Å²) in [5.41, 5.74) is 0.888. The van der Waals surface area contributed by atoms with Gasteiger partial charge >= 0.3 is 0 Å². The molecule has 0 saturated carbocycles. The Labute approximate surface area is 125 Å². The van der Waals surface area contributed by atoms with Crippen LogP contribution in [-0.2, 0) is 13.1 Å². The van der Waals surface area contributed by atoms with Gasteiger partial charge in [0.25, 0.3) is 0 Å². The van der Waals surface area contributed by atoms with Crippen molar-refractivity contribution in [1.29, 1.82) is 0 Å². The Kier molecular flexibility index (Phi) is 5.49. The molecule has 0 aliphatic heterocycles. The van der Waals surface area contributed by atoms with Gasteiger partial charge in [0.05, 0.1) is 16.7 Å². The van der Waals surface area contributed by atoms with Crippen molar-refractivity contribution in [3.05, 3.63) is 40.4 Å². The lowest BCUT2D eigenvalue weighted by Crippen LogP contribution is -2.12. The van der Waals surface area contributed by atoms with Gasteiger partial charge in [0.15, 0.2) is 0 Å². The topological polar surface area (TPSA) is 52.0 Å². The highest BCUT2D eigenvalue weighted by Crippen LogP contribution is 2.25. The summed E-state index contributed by atoms with van der Waals surface area (Å²) < 4.78 is 21.0. The zero-order chi connectivity index (χ0) is 14.4. The highest BCUT2D eigenvalue weighted by atomic mass is 79.9. The van der Waals surface area contributed by atoms with Crippen LogP contribution in [0.1, 0.15) is 12.6 Å². The number of nitrogens with zero attached hydrogens (tertiary/aromatic N) is 3. The van der Waals surface area contributed by atoms with E-state index in [1.807, 2.05) is 13.1 Å². The maximum absolute atomic E-state index is 13.1. The Balaban J connectivity index is 1.83. The number of ether oxygens (including phenoxy) is 1. The average molecular weight is 343 g/mol. The van der Waals surface area contributed by atoms with Crippen molar-refractivity contribution >= 4 is 15.9 Å². The van der Waals surface area contributed by atoms with Crippen molar-refractivity contribution in [2.24, 2.45) is 0 Å². The fourth-order valence-electron chi connectivity index (χ4n) is 1.62. The molecule has 1 aromatic heterocycles. The van der Waals surface area contributed by atoms with E-state index in [0.717, 1.165) is 16.7 Å². The summed E-state index contributed by atoms with van der Waals surface area (Å²) in [5, 5.41) is 11.2. The van der Waals surface area contributed by atoms with Crippen molar-refractivity contribution < 1.29 is 9.13 Å². The molecule has 20 heavy (non-hydrogen) atoms. The first kappa shape index (κ1) is 14.9. The molecule has 0 unspecified atom stereocenters. The van der Waals surface area contributed by atoms with Crippen LogP contribution in [0.15, 0.2) is 28.9 Å². The first-order chi connectivity index (χ1) is 9.69. The van der Waals surface area contributed by atoms with Crippen LogP contribution in [0.4, 0.5) is 4.39 Å². The monoisotopic (exact) mass is 342 g/mol. The van der Waals surface area contributed by atoms with Crippen LogP contribution in [0.25, 0.3) is 0 Å². The van der Waals surface area contributed by atoms with Crippen LogP contribution in [0.5, 0.6) is 5.75 Å². The van der Waals surface area contributed by atoms with Crippen molar-refractivity contribution in [2.75, 3.05) is 13.2 Å². The second-order valence-electron chi connectivity index (χ2n) is 4.18.